The van der Waals surface area contributed by atoms with Gasteiger partial charge in [-0.1, -0.05) is 299 Å². The zero-order chi connectivity index (χ0) is 56.0. The van der Waals surface area contributed by atoms with Crippen LogP contribution in [0.4, 0.5) is 0 Å². The summed E-state index contributed by atoms with van der Waals surface area (Å²) in [5.41, 5.74) is 6.48. The second-order valence-electron chi connectivity index (χ2n) is 20.1. The molecule has 0 aliphatic rings. The van der Waals surface area contributed by atoms with Crippen molar-refractivity contribution >= 4 is 169 Å². The molecule has 0 fully saturated rings. The van der Waals surface area contributed by atoms with Crippen LogP contribution in [0.3, 0.4) is 0 Å². The molecule has 10 heteroatoms. The SMILES string of the molecule is Brc1cc(-c2ccc([Si](c3ccccc3)(c3ccccc3)c3ccccc3)cc2)c2oc3ccccc3c2c1.Brc1cc(I)c2oc3ccccc3c2c1.OB(O)c1ccc([Si](c2ccccc2)(c2ccccc2)c2ccccc2)cc1. The summed E-state index contributed by atoms with van der Waals surface area (Å²) in [6, 6.07) is 107. The first-order chi connectivity index (χ1) is 40.2. The molecule has 0 amide bonds. The number of para-hydroxylation sites is 2. The minimum Gasteiger partial charge on any atom is -0.455 e. The Morgan fingerprint density at radius 2 is 0.622 bits per heavy atom. The fourth-order valence-electron chi connectivity index (χ4n) is 11.7. The molecule has 0 radical (unpaired) electrons. The van der Waals surface area contributed by atoms with Gasteiger partial charge in [0, 0.05) is 36.1 Å². The maximum atomic E-state index is 9.54. The molecule has 0 unspecified atom stereocenters. The van der Waals surface area contributed by atoms with Gasteiger partial charge in [-0.2, -0.15) is 0 Å². The predicted octanol–water partition coefficient (Wildman–Crippen LogP) is 13.1. The Bertz CT molecular complexity index is 4250. The van der Waals surface area contributed by atoms with Gasteiger partial charge >= 0.3 is 7.12 Å². The van der Waals surface area contributed by atoms with Crippen LogP contribution in [0.25, 0.3) is 55.0 Å². The van der Waals surface area contributed by atoms with E-state index in [2.05, 4.69) is 285 Å². The van der Waals surface area contributed by atoms with Gasteiger partial charge in [0.05, 0.1) is 3.57 Å². The third-order valence-electron chi connectivity index (χ3n) is 15.4. The van der Waals surface area contributed by atoms with Crippen LogP contribution in [0.15, 0.2) is 321 Å². The van der Waals surface area contributed by atoms with Crippen molar-refractivity contribution in [1.29, 1.82) is 0 Å². The first-order valence-corrected chi connectivity index (χ1v) is 33.7. The van der Waals surface area contributed by atoms with Crippen molar-refractivity contribution in [3.05, 3.63) is 316 Å². The zero-order valence-electron chi connectivity index (χ0n) is 44.3. The van der Waals surface area contributed by atoms with E-state index in [4.69, 9.17) is 8.83 Å². The van der Waals surface area contributed by atoms with Crippen molar-refractivity contribution in [3.8, 4) is 11.1 Å². The highest BCUT2D eigenvalue weighted by molar-refractivity contribution is 14.1. The van der Waals surface area contributed by atoms with Crippen molar-refractivity contribution in [2.45, 2.75) is 0 Å². The highest BCUT2D eigenvalue weighted by atomic mass is 127. The van der Waals surface area contributed by atoms with Gasteiger partial charge in [-0.25, -0.2) is 0 Å². The number of furan rings is 2. The van der Waals surface area contributed by atoms with Crippen molar-refractivity contribution in [2.24, 2.45) is 0 Å². The molecule has 396 valence electrons. The highest BCUT2D eigenvalue weighted by Gasteiger charge is 2.42. The molecular weight excluding hydrogens is 1280 g/mol. The van der Waals surface area contributed by atoms with Crippen LogP contribution in [0, 0.1) is 3.57 Å². The standard InChI is InChI=1S/C36H25BrOSi.C24H21BO2Si.C12H6BrIO/c37-27-24-33(36-34(25-27)32-18-10-11-19-35(32)38-36)26-20-22-31(23-21-26)39(28-12-4-1-5-13-28,29-14-6-2-7-15-29)30-16-8-3-9-17-30;26-25(27)20-16-18-24(19-17-20)28(21-10-4-1-5-11-21,22-12-6-2-7-13-22)23-14-8-3-9-15-23;13-7-5-9-8-3-1-2-4-11(8)15-12(9)10(14)6-7/h1-25H;1-19,26-27H;1-6H. The minimum atomic E-state index is -2.55. The van der Waals surface area contributed by atoms with Gasteiger partial charge in [0.25, 0.3) is 0 Å². The molecular formula is C72H52BBr2IO4Si2. The van der Waals surface area contributed by atoms with Crippen molar-refractivity contribution in [3.63, 3.8) is 0 Å². The second-order valence-corrected chi connectivity index (χ2v) is 30.7. The number of halogens is 3. The molecule has 4 nitrogen and oxygen atoms in total. The third-order valence-corrected chi connectivity index (χ3v) is 26.7. The summed E-state index contributed by atoms with van der Waals surface area (Å²) < 4.78 is 15.5. The van der Waals surface area contributed by atoms with Gasteiger partial charge in [-0.05, 0) is 112 Å². The number of rotatable bonds is 10. The third kappa shape index (κ3) is 10.6. The van der Waals surface area contributed by atoms with Crippen LogP contribution in [-0.2, 0) is 0 Å². The van der Waals surface area contributed by atoms with E-state index in [0.717, 1.165) is 56.7 Å². The van der Waals surface area contributed by atoms with E-state index in [9.17, 15) is 10.0 Å². The molecule has 0 spiro atoms. The predicted molar refractivity (Wildman–Crippen MR) is 364 cm³/mol. The van der Waals surface area contributed by atoms with Crippen LogP contribution in [0.1, 0.15) is 0 Å². The van der Waals surface area contributed by atoms with Crippen molar-refractivity contribution in [2.75, 3.05) is 0 Å². The summed E-state index contributed by atoms with van der Waals surface area (Å²) in [5, 5.41) is 34.2. The summed E-state index contributed by atoms with van der Waals surface area (Å²) in [7, 11) is -6.53. The Kier molecular flexibility index (Phi) is 16.4. The van der Waals surface area contributed by atoms with Gasteiger partial charge < -0.3 is 18.9 Å². The maximum absolute atomic E-state index is 9.54. The molecule has 14 aromatic rings. The molecule has 82 heavy (non-hydrogen) atoms. The van der Waals surface area contributed by atoms with Crippen LogP contribution in [0.5, 0.6) is 0 Å². The maximum Gasteiger partial charge on any atom is 0.488 e. The number of benzene rings is 12. The van der Waals surface area contributed by atoms with E-state index in [0.29, 0.717) is 5.46 Å². The molecule has 0 bridgehead atoms. The molecule has 12 aromatic carbocycles. The highest BCUT2D eigenvalue weighted by Crippen LogP contribution is 2.38. The van der Waals surface area contributed by atoms with Crippen LogP contribution < -0.4 is 47.0 Å². The average Bonchev–Trinajstić information content (AvgIpc) is 2.55. The Labute approximate surface area is 510 Å². The minimum absolute atomic E-state index is 0.501. The Balaban J connectivity index is 0.000000134. The number of fused-ring (bicyclic) bond motifs is 6. The van der Waals surface area contributed by atoms with Crippen LogP contribution in [0.2, 0.25) is 0 Å². The van der Waals surface area contributed by atoms with Crippen LogP contribution in [-0.4, -0.2) is 33.3 Å². The fraction of sp³-hybridized carbons (Fsp3) is 0. The van der Waals surface area contributed by atoms with Gasteiger partial charge in [0.15, 0.2) is 16.1 Å². The molecule has 0 aliphatic carbocycles. The molecule has 0 aliphatic heterocycles. The molecule has 0 saturated carbocycles. The quantitative estimate of drug-likeness (QED) is 0.0813. The Hall–Kier alpha value is -7.65. The fourth-order valence-corrected chi connectivity index (χ4v) is 23.3. The normalized spacial score (nSPS) is 11.5. The molecule has 0 saturated heterocycles. The number of hydrogen-bond acceptors (Lipinski definition) is 4. The topological polar surface area (TPSA) is 66.7 Å². The van der Waals surface area contributed by atoms with Gasteiger partial charge in [-0.15, -0.1) is 0 Å². The average molecular weight is 1330 g/mol. The lowest BCUT2D eigenvalue weighted by atomic mass is 9.81. The van der Waals surface area contributed by atoms with E-state index in [1.165, 1.54) is 52.3 Å². The van der Waals surface area contributed by atoms with E-state index >= 15 is 0 Å². The second kappa shape index (κ2) is 24.4. The van der Waals surface area contributed by atoms with E-state index in [-0.39, 0.29) is 0 Å². The summed E-state index contributed by atoms with van der Waals surface area (Å²) >= 11 is 9.56. The first kappa shape index (κ1) is 54.9. The molecule has 14 rings (SSSR count). The van der Waals surface area contributed by atoms with E-state index < -0.39 is 23.3 Å². The zero-order valence-corrected chi connectivity index (χ0v) is 51.6. The lowest BCUT2D eigenvalue weighted by molar-refractivity contribution is 0.426. The monoisotopic (exact) mass is 1330 g/mol. The van der Waals surface area contributed by atoms with Gasteiger partial charge in [-0.3, -0.25) is 0 Å². The molecule has 0 atom stereocenters. The summed E-state index contributed by atoms with van der Waals surface area (Å²) in [4.78, 5) is 0. The summed E-state index contributed by atoms with van der Waals surface area (Å²) in [5.74, 6) is 0. The van der Waals surface area contributed by atoms with Gasteiger partial charge in [0.2, 0.25) is 0 Å². The Morgan fingerprint density at radius 1 is 0.317 bits per heavy atom. The molecule has 2 N–H and O–H groups in total. The van der Waals surface area contributed by atoms with E-state index in [1.54, 1.807) is 0 Å². The summed E-state index contributed by atoms with van der Waals surface area (Å²) in [6.45, 7) is 0. The van der Waals surface area contributed by atoms with Crippen LogP contribution >= 0.6 is 54.5 Å². The summed E-state index contributed by atoms with van der Waals surface area (Å²) in [6.07, 6.45) is 0. The lowest BCUT2D eigenvalue weighted by Crippen LogP contribution is -2.74. The van der Waals surface area contributed by atoms with Crippen molar-refractivity contribution < 1.29 is 18.9 Å². The molecule has 2 aromatic heterocycles. The largest absolute Gasteiger partial charge is 0.488 e. The Morgan fingerprint density at radius 3 is 1.00 bits per heavy atom. The lowest BCUT2D eigenvalue weighted by Gasteiger charge is -2.34. The van der Waals surface area contributed by atoms with Gasteiger partial charge in [0.1, 0.15) is 22.3 Å². The van der Waals surface area contributed by atoms with Crippen molar-refractivity contribution in [1.82, 2.24) is 0 Å². The first-order valence-electron chi connectivity index (χ1n) is 27.0. The van der Waals surface area contributed by atoms with E-state index in [1.807, 2.05) is 72.8 Å². The molecule has 2 heterocycles. The smallest absolute Gasteiger partial charge is 0.455 e. The number of hydrogen-bond donors (Lipinski definition) is 2.